The highest BCUT2D eigenvalue weighted by atomic mass is 35.5. The Morgan fingerprint density at radius 1 is 0.840 bits per heavy atom. The summed E-state index contributed by atoms with van der Waals surface area (Å²) in [5.74, 6) is -0.237. The number of anilines is 1. The van der Waals surface area contributed by atoms with Crippen LogP contribution in [-0.2, 0) is 4.79 Å². The normalized spacial score (nSPS) is 11.2. The molecule has 0 fully saturated rings. The number of hydrogen-bond donors (Lipinski definition) is 1. The molecule has 0 unspecified atom stereocenters. The standard InChI is InChI=1S/C21H15Cl2NO/c22-17-11-12-20(19(23)14-17)24-21(25)18(16-9-5-2-6-10-16)13-15-7-3-1-4-8-15/h1-14H,(H,24,25)/b18-13-. The predicted octanol–water partition coefficient (Wildman–Crippen LogP) is 6.17. The Morgan fingerprint density at radius 3 is 2.12 bits per heavy atom. The van der Waals surface area contributed by atoms with Crippen molar-refractivity contribution in [1.82, 2.24) is 0 Å². The van der Waals surface area contributed by atoms with E-state index in [1.165, 1.54) is 0 Å². The molecule has 0 aromatic heterocycles. The lowest BCUT2D eigenvalue weighted by atomic mass is 10.0. The molecule has 3 aromatic carbocycles. The number of nitrogens with one attached hydrogen (secondary N) is 1. The first kappa shape index (κ1) is 17.3. The molecule has 0 saturated carbocycles. The molecule has 1 amide bonds. The Labute approximate surface area is 156 Å². The van der Waals surface area contributed by atoms with Gasteiger partial charge >= 0.3 is 0 Å². The van der Waals surface area contributed by atoms with Crippen molar-refractivity contribution in [2.24, 2.45) is 0 Å². The van der Waals surface area contributed by atoms with Crippen molar-refractivity contribution < 1.29 is 4.79 Å². The molecular weight excluding hydrogens is 353 g/mol. The second-order valence-corrected chi connectivity index (χ2v) is 6.26. The van der Waals surface area contributed by atoms with Gasteiger partial charge < -0.3 is 5.32 Å². The lowest BCUT2D eigenvalue weighted by Gasteiger charge is -2.11. The molecule has 0 aliphatic heterocycles. The predicted molar refractivity (Wildman–Crippen MR) is 106 cm³/mol. The topological polar surface area (TPSA) is 29.1 Å². The highest BCUT2D eigenvalue weighted by Crippen LogP contribution is 2.27. The lowest BCUT2D eigenvalue weighted by Crippen LogP contribution is -2.14. The first-order chi connectivity index (χ1) is 12.1. The monoisotopic (exact) mass is 367 g/mol. The molecule has 0 spiro atoms. The van der Waals surface area contributed by atoms with Crippen molar-refractivity contribution in [3.63, 3.8) is 0 Å². The maximum atomic E-state index is 12.9. The molecule has 0 aliphatic rings. The number of benzene rings is 3. The molecule has 0 aliphatic carbocycles. The molecule has 0 heterocycles. The first-order valence-corrected chi connectivity index (χ1v) is 8.47. The van der Waals surface area contributed by atoms with Crippen LogP contribution in [0.25, 0.3) is 11.6 Å². The van der Waals surface area contributed by atoms with Crippen molar-refractivity contribution >= 4 is 46.4 Å². The van der Waals surface area contributed by atoms with Gasteiger partial charge in [0.1, 0.15) is 0 Å². The van der Waals surface area contributed by atoms with Crippen LogP contribution in [0.5, 0.6) is 0 Å². The van der Waals surface area contributed by atoms with Gasteiger partial charge in [-0.05, 0) is 35.4 Å². The van der Waals surface area contributed by atoms with Gasteiger partial charge in [-0.1, -0.05) is 83.9 Å². The van der Waals surface area contributed by atoms with Crippen molar-refractivity contribution in [1.29, 1.82) is 0 Å². The summed E-state index contributed by atoms with van der Waals surface area (Å²) in [5, 5.41) is 3.77. The summed E-state index contributed by atoms with van der Waals surface area (Å²) in [7, 11) is 0. The van der Waals surface area contributed by atoms with Crippen LogP contribution in [-0.4, -0.2) is 5.91 Å². The molecule has 3 aromatic rings. The zero-order chi connectivity index (χ0) is 17.6. The van der Waals surface area contributed by atoms with Gasteiger partial charge in [-0.2, -0.15) is 0 Å². The third-order valence-electron chi connectivity index (χ3n) is 3.62. The van der Waals surface area contributed by atoms with E-state index in [0.717, 1.165) is 11.1 Å². The summed E-state index contributed by atoms with van der Waals surface area (Å²) in [5.41, 5.74) is 2.84. The fourth-order valence-corrected chi connectivity index (χ4v) is 2.85. The van der Waals surface area contributed by atoms with Crippen LogP contribution < -0.4 is 5.32 Å². The summed E-state index contributed by atoms with van der Waals surface area (Å²) in [4.78, 5) is 12.9. The van der Waals surface area contributed by atoms with Crippen LogP contribution in [0.1, 0.15) is 11.1 Å². The van der Waals surface area contributed by atoms with Crippen LogP contribution in [0, 0.1) is 0 Å². The summed E-state index contributed by atoms with van der Waals surface area (Å²) >= 11 is 12.1. The van der Waals surface area contributed by atoms with E-state index < -0.39 is 0 Å². The number of rotatable bonds is 4. The molecule has 0 saturated heterocycles. The van der Waals surface area contributed by atoms with E-state index in [1.54, 1.807) is 18.2 Å². The van der Waals surface area contributed by atoms with Crippen molar-refractivity contribution in [3.05, 3.63) is 100 Å². The number of carbonyl (C=O) groups is 1. The molecule has 3 rings (SSSR count). The molecule has 1 N–H and O–H groups in total. The quantitative estimate of drug-likeness (QED) is 0.433. The number of amides is 1. The van der Waals surface area contributed by atoms with Crippen molar-refractivity contribution in [2.45, 2.75) is 0 Å². The maximum Gasteiger partial charge on any atom is 0.256 e. The van der Waals surface area contributed by atoms with E-state index >= 15 is 0 Å². The minimum atomic E-state index is -0.237. The Kier molecular flexibility index (Phi) is 5.54. The zero-order valence-corrected chi connectivity index (χ0v) is 14.8. The highest BCUT2D eigenvalue weighted by molar-refractivity contribution is 6.38. The molecule has 0 atom stereocenters. The van der Waals surface area contributed by atoms with Crippen LogP contribution in [0.15, 0.2) is 78.9 Å². The van der Waals surface area contributed by atoms with Gasteiger partial charge in [0.15, 0.2) is 0 Å². The summed E-state index contributed by atoms with van der Waals surface area (Å²) in [6, 6.07) is 24.2. The zero-order valence-electron chi connectivity index (χ0n) is 13.2. The van der Waals surface area contributed by atoms with E-state index in [-0.39, 0.29) is 5.91 Å². The molecule has 124 valence electrons. The minimum Gasteiger partial charge on any atom is -0.321 e. The van der Waals surface area contributed by atoms with Gasteiger partial charge in [0.25, 0.3) is 5.91 Å². The van der Waals surface area contributed by atoms with E-state index in [9.17, 15) is 4.79 Å². The van der Waals surface area contributed by atoms with Gasteiger partial charge in [0, 0.05) is 10.6 Å². The van der Waals surface area contributed by atoms with E-state index in [0.29, 0.717) is 21.3 Å². The summed E-state index contributed by atoms with van der Waals surface area (Å²) < 4.78 is 0. The van der Waals surface area contributed by atoms with Crippen LogP contribution in [0.2, 0.25) is 10.0 Å². The molecule has 2 nitrogen and oxygen atoms in total. The van der Waals surface area contributed by atoms with Crippen LogP contribution in [0.3, 0.4) is 0 Å². The van der Waals surface area contributed by atoms with Gasteiger partial charge in [0.2, 0.25) is 0 Å². The number of carbonyl (C=O) groups excluding carboxylic acids is 1. The lowest BCUT2D eigenvalue weighted by molar-refractivity contribution is -0.111. The van der Waals surface area contributed by atoms with Crippen LogP contribution >= 0.6 is 23.2 Å². The fourth-order valence-electron chi connectivity index (χ4n) is 2.39. The van der Waals surface area contributed by atoms with E-state index in [2.05, 4.69) is 5.32 Å². The van der Waals surface area contributed by atoms with E-state index in [1.807, 2.05) is 66.7 Å². The van der Waals surface area contributed by atoms with Crippen LogP contribution in [0.4, 0.5) is 5.69 Å². The largest absolute Gasteiger partial charge is 0.321 e. The van der Waals surface area contributed by atoms with Gasteiger partial charge in [-0.15, -0.1) is 0 Å². The Morgan fingerprint density at radius 2 is 1.48 bits per heavy atom. The molecule has 25 heavy (non-hydrogen) atoms. The summed E-state index contributed by atoms with van der Waals surface area (Å²) in [6.45, 7) is 0. The average molecular weight is 368 g/mol. The third kappa shape index (κ3) is 4.50. The molecule has 0 radical (unpaired) electrons. The second-order valence-electron chi connectivity index (χ2n) is 5.41. The molecule has 4 heteroatoms. The maximum absolute atomic E-state index is 12.9. The smallest absolute Gasteiger partial charge is 0.256 e. The number of halogens is 2. The average Bonchev–Trinajstić information content (AvgIpc) is 2.63. The van der Waals surface area contributed by atoms with Crippen molar-refractivity contribution in [3.8, 4) is 0 Å². The third-order valence-corrected chi connectivity index (χ3v) is 4.17. The Bertz CT molecular complexity index is 906. The minimum absolute atomic E-state index is 0.237. The second kappa shape index (κ2) is 8.02. The SMILES string of the molecule is O=C(Nc1ccc(Cl)cc1Cl)/C(=C\c1ccccc1)c1ccccc1. The van der Waals surface area contributed by atoms with E-state index in [4.69, 9.17) is 23.2 Å². The highest BCUT2D eigenvalue weighted by Gasteiger charge is 2.14. The van der Waals surface area contributed by atoms with Gasteiger partial charge in [-0.3, -0.25) is 4.79 Å². The van der Waals surface area contributed by atoms with Gasteiger partial charge in [0.05, 0.1) is 10.7 Å². The van der Waals surface area contributed by atoms with Gasteiger partial charge in [-0.25, -0.2) is 0 Å². The molecular formula is C21H15Cl2NO. The summed E-state index contributed by atoms with van der Waals surface area (Å²) in [6.07, 6.45) is 1.86. The first-order valence-electron chi connectivity index (χ1n) is 7.72. The Balaban J connectivity index is 1.97. The Hall–Kier alpha value is -2.55. The molecule has 0 bridgehead atoms. The number of hydrogen-bond acceptors (Lipinski definition) is 1. The fraction of sp³-hybridized carbons (Fsp3) is 0. The van der Waals surface area contributed by atoms with Crippen molar-refractivity contribution in [2.75, 3.05) is 5.32 Å².